The molecular weight excluding hydrogens is 319 g/mol. The van der Waals surface area contributed by atoms with Crippen LogP contribution in [0.25, 0.3) is 5.57 Å². The molecule has 1 nitrogen and oxygen atoms in total. The molecule has 2 aliphatic rings. The molecule has 0 saturated carbocycles. The number of nitrogens with zero attached hydrogens (tertiary/aromatic N) is 1. The van der Waals surface area contributed by atoms with Crippen molar-refractivity contribution in [2.75, 3.05) is 0 Å². The minimum atomic E-state index is 0. The van der Waals surface area contributed by atoms with E-state index in [-0.39, 0.29) is 32.7 Å². The number of aromatic nitrogens is 1. The average Bonchev–Trinajstić information content (AvgIpc) is 2.96. The number of rotatable bonds is 3. The number of allylic oxidation sites excluding steroid dienone is 10. The van der Waals surface area contributed by atoms with Crippen molar-refractivity contribution in [2.24, 2.45) is 5.92 Å². The van der Waals surface area contributed by atoms with Gasteiger partial charge in [0.1, 0.15) is 0 Å². The molecule has 1 aromatic heterocycles. The van der Waals surface area contributed by atoms with Crippen LogP contribution in [0.2, 0.25) is 0 Å². The third-order valence-electron chi connectivity index (χ3n) is 3.26. The van der Waals surface area contributed by atoms with E-state index in [2.05, 4.69) is 47.5 Å². The zero-order valence-corrected chi connectivity index (χ0v) is 14.1. The molecule has 2 aliphatic carbocycles. The zero-order chi connectivity index (χ0) is 12.9. The van der Waals surface area contributed by atoms with Crippen molar-refractivity contribution in [3.63, 3.8) is 0 Å². The molecule has 1 atom stereocenters. The molecule has 3 rings (SSSR count). The normalized spacial score (nSPS) is 20.7. The summed E-state index contributed by atoms with van der Waals surface area (Å²) in [7, 11) is 0. The summed E-state index contributed by atoms with van der Waals surface area (Å²) in [6.45, 7) is 0. The van der Waals surface area contributed by atoms with E-state index in [4.69, 9.17) is 0 Å². The standard InChI is InChI=1S/C18H15N.Y/c1-2-6-15(7-3-1)9-10-16-11-12-17(14-16)18-8-4-5-13-19-18;/h1-5,8-9,11-13,15H,6,14H2;/q-2;. The number of hydrogen-bond donors (Lipinski definition) is 0. The topological polar surface area (TPSA) is 12.9 Å². The number of hydrogen-bond acceptors (Lipinski definition) is 1. The molecule has 0 spiro atoms. The van der Waals surface area contributed by atoms with Crippen molar-refractivity contribution in [2.45, 2.75) is 12.8 Å². The molecule has 1 heterocycles. The van der Waals surface area contributed by atoms with Crippen LogP contribution in [0.4, 0.5) is 0 Å². The van der Waals surface area contributed by atoms with Crippen LogP contribution in [-0.2, 0) is 32.7 Å². The summed E-state index contributed by atoms with van der Waals surface area (Å²) < 4.78 is 0. The third kappa shape index (κ3) is 3.97. The average molecular weight is 334 g/mol. The predicted octanol–water partition coefficient (Wildman–Crippen LogP) is 4.09. The van der Waals surface area contributed by atoms with Gasteiger partial charge in [-0.15, -0.1) is 6.08 Å². The van der Waals surface area contributed by atoms with Gasteiger partial charge in [-0.1, -0.05) is 18.4 Å². The smallest absolute Gasteiger partial charge is 0.0648 e. The van der Waals surface area contributed by atoms with Crippen molar-refractivity contribution in [1.29, 1.82) is 0 Å². The van der Waals surface area contributed by atoms with Crippen LogP contribution in [-0.4, -0.2) is 4.98 Å². The Morgan fingerprint density at radius 2 is 2.25 bits per heavy atom. The summed E-state index contributed by atoms with van der Waals surface area (Å²) in [5.41, 5.74) is 3.54. The van der Waals surface area contributed by atoms with Crippen LogP contribution in [0, 0.1) is 18.1 Å². The van der Waals surface area contributed by atoms with E-state index in [1.807, 2.05) is 30.5 Å². The maximum absolute atomic E-state index is 4.38. The molecule has 0 fully saturated rings. The van der Waals surface area contributed by atoms with Gasteiger partial charge in [-0.25, -0.2) is 23.8 Å². The fraction of sp³-hybridized carbons (Fsp3) is 0.167. The van der Waals surface area contributed by atoms with Crippen LogP contribution < -0.4 is 0 Å². The first kappa shape index (κ1) is 15.3. The Morgan fingerprint density at radius 3 is 3.00 bits per heavy atom. The molecule has 1 aromatic rings. The zero-order valence-electron chi connectivity index (χ0n) is 11.3. The van der Waals surface area contributed by atoms with Crippen LogP contribution in [0.1, 0.15) is 18.5 Å². The molecule has 97 valence electrons. The molecule has 1 unspecified atom stereocenters. The van der Waals surface area contributed by atoms with E-state index in [1.165, 1.54) is 11.1 Å². The van der Waals surface area contributed by atoms with Crippen molar-refractivity contribution in [3.8, 4) is 0 Å². The van der Waals surface area contributed by atoms with Crippen LogP contribution >= 0.6 is 0 Å². The summed E-state index contributed by atoms with van der Waals surface area (Å²) in [6, 6.07) is 6.02. The van der Waals surface area contributed by atoms with E-state index in [0.717, 1.165) is 18.5 Å². The van der Waals surface area contributed by atoms with E-state index in [9.17, 15) is 0 Å². The minimum Gasteiger partial charge on any atom is -0.269 e. The Hall–Kier alpha value is -1.05. The summed E-state index contributed by atoms with van der Waals surface area (Å²) in [5.74, 6) is 0.366. The van der Waals surface area contributed by atoms with E-state index >= 15 is 0 Å². The summed E-state index contributed by atoms with van der Waals surface area (Å²) >= 11 is 0. The maximum atomic E-state index is 4.38. The fourth-order valence-electron chi connectivity index (χ4n) is 2.22. The molecule has 0 aromatic carbocycles. The van der Waals surface area contributed by atoms with Crippen molar-refractivity contribution < 1.29 is 32.7 Å². The molecule has 0 saturated heterocycles. The van der Waals surface area contributed by atoms with E-state index < -0.39 is 0 Å². The molecule has 0 amide bonds. The van der Waals surface area contributed by atoms with Gasteiger partial charge < -0.3 is 0 Å². The Balaban J connectivity index is 0.00000147. The molecule has 2 heteroatoms. The Bertz CT molecular complexity index is 591. The Morgan fingerprint density at radius 1 is 1.30 bits per heavy atom. The third-order valence-corrected chi connectivity index (χ3v) is 3.26. The first-order valence-corrected chi connectivity index (χ1v) is 6.57. The quantitative estimate of drug-likeness (QED) is 0.759. The van der Waals surface area contributed by atoms with Gasteiger partial charge in [0, 0.05) is 38.9 Å². The maximum Gasteiger partial charge on any atom is 0.0648 e. The fourth-order valence-corrected chi connectivity index (χ4v) is 2.22. The molecule has 1 radical (unpaired) electrons. The Kier molecular flexibility index (Phi) is 5.88. The van der Waals surface area contributed by atoms with Gasteiger partial charge in [-0.2, -0.15) is 12.2 Å². The van der Waals surface area contributed by atoms with Crippen LogP contribution in [0.3, 0.4) is 0 Å². The predicted molar refractivity (Wildman–Crippen MR) is 77.8 cm³/mol. The van der Waals surface area contributed by atoms with Crippen LogP contribution in [0.15, 0.2) is 66.4 Å². The van der Waals surface area contributed by atoms with E-state index in [1.54, 1.807) is 0 Å². The van der Waals surface area contributed by atoms with Gasteiger partial charge in [0.15, 0.2) is 0 Å². The molecular formula is C18H15NY-2. The van der Waals surface area contributed by atoms with Crippen molar-refractivity contribution in [3.05, 3.63) is 84.3 Å². The van der Waals surface area contributed by atoms with Gasteiger partial charge in [0.25, 0.3) is 0 Å². The second kappa shape index (κ2) is 7.66. The largest absolute Gasteiger partial charge is 0.269 e. The van der Waals surface area contributed by atoms with Crippen LogP contribution in [0.5, 0.6) is 0 Å². The monoisotopic (exact) mass is 334 g/mol. The first-order chi connectivity index (χ1) is 9.42. The molecule has 0 N–H and O–H groups in total. The second-order valence-electron chi connectivity index (χ2n) is 4.69. The van der Waals surface area contributed by atoms with Crippen molar-refractivity contribution >= 4 is 5.57 Å². The summed E-state index contributed by atoms with van der Waals surface area (Å²) in [6.07, 6.45) is 23.0. The number of pyridine rings is 1. The molecule has 0 bridgehead atoms. The SMILES string of the molecule is [C-]1=CC=CCC1C=[C-]C1=CC=C(c2ccccn2)C1.[Y]. The van der Waals surface area contributed by atoms with E-state index in [0.29, 0.717) is 5.92 Å². The first-order valence-electron chi connectivity index (χ1n) is 6.57. The second-order valence-corrected chi connectivity index (χ2v) is 4.69. The van der Waals surface area contributed by atoms with Gasteiger partial charge in [-0.05, 0) is 24.1 Å². The van der Waals surface area contributed by atoms with Gasteiger partial charge in [0.05, 0.1) is 5.69 Å². The minimum absolute atomic E-state index is 0. The van der Waals surface area contributed by atoms with Gasteiger partial charge >= 0.3 is 0 Å². The summed E-state index contributed by atoms with van der Waals surface area (Å²) in [5, 5.41) is 0. The van der Waals surface area contributed by atoms with Crippen molar-refractivity contribution in [1.82, 2.24) is 4.98 Å². The molecule has 0 aliphatic heterocycles. The van der Waals surface area contributed by atoms with Gasteiger partial charge in [-0.3, -0.25) is 17.1 Å². The Labute approximate surface area is 145 Å². The summed E-state index contributed by atoms with van der Waals surface area (Å²) in [4.78, 5) is 4.38. The molecule has 20 heavy (non-hydrogen) atoms. The van der Waals surface area contributed by atoms with Gasteiger partial charge in [0.2, 0.25) is 0 Å².